The Morgan fingerprint density at radius 1 is 1.25 bits per heavy atom. The van der Waals surface area contributed by atoms with E-state index in [9.17, 15) is 4.79 Å². The van der Waals surface area contributed by atoms with Crippen LogP contribution in [0.2, 0.25) is 0 Å². The van der Waals surface area contributed by atoms with Gasteiger partial charge in [0.25, 0.3) is 0 Å². The highest BCUT2D eigenvalue weighted by Gasteiger charge is 2.18. The summed E-state index contributed by atoms with van der Waals surface area (Å²) in [6, 6.07) is 12.5. The van der Waals surface area contributed by atoms with Gasteiger partial charge in [-0.3, -0.25) is 9.69 Å². The van der Waals surface area contributed by atoms with Crippen LogP contribution in [0, 0.1) is 0 Å². The predicted octanol–water partition coefficient (Wildman–Crippen LogP) is 4.60. The molecule has 0 fully saturated rings. The molecule has 0 unspecified atom stereocenters. The lowest BCUT2D eigenvalue weighted by molar-refractivity contribution is 0.0901. The smallest absolute Gasteiger partial charge is 0.187 e. The van der Waals surface area contributed by atoms with Gasteiger partial charge in [0.1, 0.15) is 0 Å². The predicted molar refractivity (Wildman–Crippen MR) is 88.3 cm³/mol. The van der Waals surface area contributed by atoms with Crippen molar-refractivity contribution in [1.29, 1.82) is 0 Å². The van der Waals surface area contributed by atoms with Crippen LogP contribution in [0.25, 0.3) is 0 Å². The van der Waals surface area contributed by atoms with Gasteiger partial charge in [0.05, 0.1) is 11.4 Å². The van der Waals surface area contributed by atoms with E-state index in [4.69, 9.17) is 0 Å². The molecule has 0 saturated carbocycles. The maximum atomic E-state index is 12.4. The van der Waals surface area contributed by atoms with Gasteiger partial charge in [-0.05, 0) is 46.8 Å². The summed E-state index contributed by atoms with van der Waals surface area (Å²) in [6.45, 7) is 5.50. The molecule has 0 saturated heterocycles. The number of benzene rings is 1. The highest BCUT2D eigenvalue weighted by Crippen LogP contribution is 2.23. The van der Waals surface area contributed by atoms with Gasteiger partial charge in [-0.1, -0.05) is 30.3 Å². The molecule has 0 radical (unpaired) electrons. The van der Waals surface area contributed by atoms with Gasteiger partial charge in [0.15, 0.2) is 5.78 Å². The number of ketones is 1. The lowest BCUT2D eigenvalue weighted by Crippen LogP contribution is -2.35. The van der Waals surface area contributed by atoms with E-state index in [2.05, 4.69) is 46.8 Å². The molecule has 2 rings (SSSR count). The number of Topliss-reactive ketones (excluding diaryl/α,β-unsaturated/α-hetero) is 1. The van der Waals surface area contributed by atoms with Crippen molar-refractivity contribution in [2.75, 3.05) is 6.54 Å². The van der Waals surface area contributed by atoms with E-state index in [1.807, 2.05) is 29.6 Å². The van der Waals surface area contributed by atoms with E-state index in [0.717, 1.165) is 15.9 Å². The number of rotatable bonds is 6. The van der Waals surface area contributed by atoms with Crippen LogP contribution in [0.4, 0.5) is 0 Å². The van der Waals surface area contributed by atoms with Crippen molar-refractivity contribution in [3.63, 3.8) is 0 Å². The van der Waals surface area contributed by atoms with E-state index >= 15 is 0 Å². The summed E-state index contributed by atoms with van der Waals surface area (Å²) in [4.78, 5) is 15.4. The standard InChI is InChI=1S/C16H18BrNOS/c1-12(2)18(10-13-6-4-3-5-7-13)11-15(19)16-14(17)8-9-20-16/h3-9,12H,10-11H2,1-2H3. The summed E-state index contributed by atoms with van der Waals surface area (Å²) in [6.07, 6.45) is 0. The fraction of sp³-hybridized carbons (Fsp3) is 0.312. The summed E-state index contributed by atoms with van der Waals surface area (Å²) in [5, 5.41) is 1.94. The van der Waals surface area contributed by atoms with E-state index in [1.54, 1.807) is 0 Å². The molecule has 2 nitrogen and oxygen atoms in total. The number of carbonyl (C=O) groups is 1. The Labute approximate surface area is 132 Å². The molecule has 0 aliphatic heterocycles. The second-order valence-corrected chi connectivity index (χ2v) is 6.78. The van der Waals surface area contributed by atoms with E-state index in [-0.39, 0.29) is 5.78 Å². The molecule has 1 heterocycles. The molecule has 20 heavy (non-hydrogen) atoms. The zero-order valence-electron chi connectivity index (χ0n) is 11.7. The van der Waals surface area contributed by atoms with Crippen LogP contribution >= 0.6 is 27.3 Å². The van der Waals surface area contributed by atoms with Crippen molar-refractivity contribution in [2.45, 2.75) is 26.4 Å². The molecular weight excluding hydrogens is 334 g/mol. The fourth-order valence-corrected chi connectivity index (χ4v) is 3.51. The minimum atomic E-state index is 0.177. The average molecular weight is 352 g/mol. The minimum Gasteiger partial charge on any atom is -0.292 e. The molecule has 106 valence electrons. The maximum Gasteiger partial charge on any atom is 0.187 e. The molecule has 0 aliphatic rings. The zero-order chi connectivity index (χ0) is 14.5. The first-order valence-electron chi connectivity index (χ1n) is 6.62. The number of nitrogens with zero attached hydrogens (tertiary/aromatic N) is 1. The summed E-state index contributed by atoms with van der Waals surface area (Å²) < 4.78 is 0.899. The van der Waals surface area contributed by atoms with Crippen molar-refractivity contribution < 1.29 is 4.79 Å². The van der Waals surface area contributed by atoms with Crippen molar-refractivity contribution in [3.05, 3.63) is 56.7 Å². The Morgan fingerprint density at radius 3 is 2.50 bits per heavy atom. The third kappa shape index (κ3) is 4.01. The number of hydrogen-bond acceptors (Lipinski definition) is 3. The number of carbonyl (C=O) groups excluding carboxylic acids is 1. The second kappa shape index (κ2) is 7.16. The summed E-state index contributed by atoms with van der Waals surface area (Å²) >= 11 is 4.93. The highest BCUT2D eigenvalue weighted by atomic mass is 79.9. The topological polar surface area (TPSA) is 20.3 Å². The van der Waals surface area contributed by atoms with Gasteiger partial charge in [-0.15, -0.1) is 11.3 Å². The SMILES string of the molecule is CC(C)N(CC(=O)c1sccc1Br)Cc1ccccc1. The Bertz CT molecular complexity index is 565. The van der Waals surface area contributed by atoms with E-state index in [0.29, 0.717) is 12.6 Å². The lowest BCUT2D eigenvalue weighted by Gasteiger charge is -2.25. The first kappa shape index (κ1) is 15.4. The quantitative estimate of drug-likeness (QED) is 0.708. The van der Waals surface area contributed by atoms with Crippen LogP contribution in [0.3, 0.4) is 0 Å². The van der Waals surface area contributed by atoms with Gasteiger partial charge < -0.3 is 0 Å². The molecule has 1 aromatic heterocycles. The number of hydrogen-bond donors (Lipinski definition) is 0. The zero-order valence-corrected chi connectivity index (χ0v) is 14.1. The van der Waals surface area contributed by atoms with Gasteiger partial charge in [-0.25, -0.2) is 0 Å². The second-order valence-electron chi connectivity index (χ2n) is 5.01. The van der Waals surface area contributed by atoms with Crippen LogP contribution in [0.5, 0.6) is 0 Å². The Hall–Kier alpha value is -0.970. The molecule has 4 heteroatoms. The van der Waals surface area contributed by atoms with Crippen LogP contribution in [0.15, 0.2) is 46.3 Å². The molecule has 1 aromatic carbocycles. The minimum absolute atomic E-state index is 0.177. The molecular formula is C16H18BrNOS. The third-order valence-electron chi connectivity index (χ3n) is 3.18. The van der Waals surface area contributed by atoms with Crippen molar-refractivity contribution in [3.8, 4) is 0 Å². The summed E-state index contributed by atoms with van der Waals surface area (Å²) in [5.41, 5.74) is 1.24. The van der Waals surface area contributed by atoms with Crippen LogP contribution in [-0.4, -0.2) is 23.3 Å². The largest absolute Gasteiger partial charge is 0.292 e. The van der Waals surface area contributed by atoms with Crippen molar-refractivity contribution in [1.82, 2.24) is 4.90 Å². The Morgan fingerprint density at radius 2 is 1.95 bits per heavy atom. The summed E-state index contributed by atoms with van der Waals surface area (Å²) in [5.74, 6) is 0.177. The van der Waals surface area contributed by atoms with Crippen LogP contribution in [-0.2, 0) is 6.54 Å². The number of halogens is 1. The molecule has 0 bridgehead atoms. The van der Waals surface area contributed by atoms with E-state index < -0.39 is 0 Å². The lowest BCUT2D eigenvalue weighted by atomic mass is 10.1. The fourth-order valence-electron chi connectivity index (χ4n) is 1.99. The van der Waals surface area contributed by atoms with Gasteiger partial charge in [-0.2, -0.15) is 0 Å². The van der Waals surface area contributed by atoms with Crippen LogP contribution in [0.1, 0.15) is 29.1 Å². The molecule has 0 amide bonds. The van der Waals surface area contributed by atoms with E-state index in [1.165, 1.54) is 16.9 Å². The first-order chi connectivity index (χ1) is 9.58. The summed E-state index contributed by atoms with van der Waals surface area (Å²) in [7, 11) is 0. The molecule has 0 aliphatic carbocycles. The molecule has 0 atom stereocenters. The maximum absolute atomic E-state index is 12.4. The number of thiophene rings is 1. The van der Waals surface area contributed by atoms with Gasteiger partial charge in [0, 0.05) is 17.1 Å². The molecule has 0 spiro atoms. The molecule has 2 aromatic rings. The van der Waals surface area contributed by atoms with Crippen molar-refractivity contribution in [2.24, 2.45) is 0 Å². The monoisotopic (exact) mass is 351 g/mol. The van der Waals surface area contributed by atoms with Crippen molar-refractivity contribution >= 4 is 33.0 Å². The third-order valence-corrected chi connectivity index (χ3v) is 5.05. The Kier molecular flexibility index (Phi) is 5.52. The first-order valence-corrected chi connectivity index (χ1v) is 8.29. The van der Waals surface area contributed by atoms with Crippen LogP contribution < -0.4 is 0 Å². The van der Waals surface area contributed by atoms with Gasteiger partial charge >= 0.3 is 0 Å². The normalized spacial score (nSPS) is 11.2. The highest BCUT2D eigenvalue weighted by molar-refractivity contribution is 9.10. The average Bonchev–Trinajstić information content (AvgIpc) is 2.85. The van der Waals surface area contributed by atoms with Gasteiger partial charge in [0.2, 0.25) is 0 Å². The molecule has 0 N–H and O–H groups in total. The Balaban J connectivity index is 2.07.